The summed E-state index contributed by atoms with van der Waals surface area (Å²) in [5.74, 6) is -0.134. The molecule has 0 aromatic heterocycles. The maximum Gasteiger partial charge on any atom is 0.255 e. The molecule has 1 amide bonds. The van der Waals surface area contributed by atoms with Gasteiger partial charge in [0.15, 0.2) is 11.5 Å². The van der Waals surface area contributed by atoms with Gasteiger partial charge in [0.05, 0.1) is 12.7 Å². The number of anilines is 1. The van der Waals surface area contributed by atoms with Gasteiger partial charge in [0, 0.05) is 11.3 Å². The smallest absolute Gasteiger partial charge is 0.255 e. The number of Topliss-reactive ketones (excluding diaryl/α,β-unsaturated/α-hetero) is 1. The van der Waals surface area contributed by atoms with Gasteiger partial charge in [-0.1, -0.05) is 18.2 Å². The van der Waals surface area contributed by atoms with Crippen molar-refractivity contribution >= 4 is 23.1 Å². The zero-order chi connectivity index (χ0) is 18.5. The van der Waals surface area contributed by atoms with E-state index in [-0.39, 0.29) is 24.4 Å². The summed E-state index contributed by atoms with van der Waals surface area (Å²) in [4.78, 5) is 26.9. The third-order valence-corrected chi connectivity index (χ3v) is 4.43. The van der Waals surface area contributed by atoms with Crippen LogP contribution in [0.3, 0.4) is 0 Å². The molecule has 3 rings (SSSR count). The Labute approximate surface area is 152 Å². The highest BCUT2D eigenvalue weighted by atomic mass is 16.5. The fourth-order valence-electron chi connectivity index (χ4n) is 3.06. The Balaban J connectivity index is 1.66. The average molecular weight is 348 g/mol. The quantitative estimate of drug-likeness (QED) is 0.832. The van der Waals surface area contributed by atoms with Crippen LogP contribution in [0, 0.1) is 6.57 Å². The lowest BCUT2D eigenvalue weighted by Crippen LogP contribution is -2.25. The van der Waals surface area contributed by atoms with Crippen LogP contribution in [-0.2, 0) is 22.4 Å². The molecule has 0 heterocycles. The molecule has 1 atom stereocenters. The lowest BCUT2D eigenvalue weighted by Gasteiger charge is -2.25. The highest BCUT2D eigenvalue weighted by Crippen LogP contribution is 2.25. The second-order valence-electron chi connectivity index (χ2n) is 6.47. The number of ether oxygens (including phenoxy) is 1. The number of amides is 1. The van der Waals surface area contributed by atoms with E-state index in [2.05, 4.69) is 10.2 Å². The van der Waals surface area contributed by atoms with Crippen LogP contribution in [0.1, 0.15) is 34.8 Å². The van der Waals surface area contributed by atoms with Crippen LogP contribution in [0.15, 0.2) is 42.5 Å². The van der Waals surface area contributed by atoms with Crippen molar-refractivity contribution < 1.29 is 14.3 Å². The number of benzene rings is 2. The molecule has 132 valence electrons. The van der Waals surface area contributed by atoms with E-state index in [0.29, 0.717) is 16.9 Å². The molecule has 0 fully saturated rings. The Hall–Kier alpha value is -2.97. The number of carbonyl (C=O) groups is 2. The van der Waals surface area contributed by atoms with Crippen LogP contribution in [0.2, 0.25) is 0 Å². The first kappa shape index (κ1) is 17.8. The molecule has 2 aromatic rings. The first-order valence-corrected chi connectivity index (χ1v) is 8.57. The Bertz CT molecular complexity index is 866. The van der Waals surface area contributed by atoms with Gasteiger partial charge in [0.1, 0.15) is 6.61 Å². The van der Waals surface area contributed by atoms with E-state index in [4.69, 9.17) is 11.3 Å². The van der Waals surface area contributed by atoms with Gasteiger partial charge in [-0.3, -0.25) is 9.59 Å². The predicted octanol–water partition coefficient (Wildman–Crippen LogP) is 3.95. The SMILES string of the molecule is [C-]#[N+]c1ccc(NC(=O)c2ccc3c(c2)CCC(OCC(C)=O)C3)cc1. The minimum atomic E-state index is -0.168. The van der Waals surface area contributed by atoms with Crippen LogP contribution < -0.4 is 5.32 Å². The average Bonchev–Trinajstić information content (AvgIpc) is 2.66. The molecule has 26 heavy (non-hydrogen) atoms. The van der Waals surface area contributed by atoms with Gasteiger partial charge in [-0.2, -0.15) is 0 Å². The van der Waals surface area contributed by atoms with E-state index in [0.717, 1.165) is 24.8 Å². The molecular formula is C21H20N2O3. The van der Waals surface area contributed by atoms with Crippen LogP contribution >= 0.6 is 0 Å². The highest BCUT2D eigenvalue weighted by Gasteiger charge is 2.20. The van der Waals surface area contributed by atoms with Crippen LogP contribution in [0.25, 0.3) is 4.85 Å². The summed E-state index contributed by atoms with van der Waals surface area (Å²) >= 11 is 0. The van der Waals surface area contributed by atoms with E-state index in [9.17, 15) is 9.59 Å². The first-order chi connectivity index (χ1) is 12.5. The summed E-state index contributed by atoms with van der Waals surface area (Å²) in [6, 6.07) is 12.5. The standard InChI is InChI=1S/C21H20N2O3/c1-14(24)13-26-20-10-5-15-11-17(4-3-16(15)12-20)21(25)23-19-8-6-18(22-2)7-9-19/h3-4,6-9,11,20H,5,10,12-13H2,1H3,(H,23,25). The minimum absolute atomic E-state index is 0.0345. The van der Waals surface area contributed by atoms with Crippen molar-refractivity contribution in [3.63, 3.8) is 0 Å². The molecule has 1 aliphatic carbocycles. The Morgan fingerprint density at radius 3 is 2.65 bits per heavy atom. The molecule has 0 saturated carbocycles. The Morgan fingerprint density at radius 1 is 1.19 bits per heavy atom. The van der Waals surface area contributed by atoms with Crippen molar-refractivity contribution in [3.05, 3.63) is 70.6 Å². The van der Waals surface area contributed by atoms with Gasteiger partial charge in [0.2, 0.25) is 0 Å². The second kappa shape index (κ2) is 7.94. The number of hydrogen-bond donors (Lipinski definition) is 1. The van der Waals surface area contributed by atoms with E-state index >= 15 is 0 Å². The number of nitrogens with zero attached hydrogens (tertiary/aromatic N) is 1. The molecule has 0 aliphatic heterocycles. The van der Waals surface area contributed by atoms with Gasteiger partial charge in [-0.05, 0) is 61.6 Å². The summed E-state index contributed by atoms with van der Waals surface area (Å²) in [7, 11) is 0. The van der Waals surface area contributed by atoms with Gasteiger partial charge >= 0.3 is 0 Å². The van der Waals surface area contributed by atoms with Crippen molar-refractivity contribution in [1.29, 1.82) is 0 Å². The third kappa shape index (κ3) is 4.35. The topological polar surface area (TPSA) is 59.8 Å². The highest BCUT2D eigenvalue weighted by molar-refractivity contribution is 6.04. The second-order valence-corrected chi connectivity index (χ2v) is 6.47. The third-order valence-electron chi connectivity index (χ3n) is 4.43. The van der Waals surface area contributed by atoms with Gasteiger partial charge < -0.3 is 10.1 Å². The predicted molar refractivity (Wildman–Crippen MR) is 99.5 cm³/mol. The lowest BCUT2D eigenvalue weighted by molar-refractivity contribution is -0.123. The van der Waals surface area contributed by atoms with E-state index in [1.807, 2.05) is 18.2 Å². The molecule has 1 N–H and O–H groups in total. The van der Waals surface area contributed by atoms with E-state index in [1.165, 1.54) is 12.5 Å². The minimum Gasteiger partial charge on any atom is -0.370 e. The molecule has 0 radical (unpaired) electrons. The lowest BCUT2D eigenvalue weighted by atomic mass is 9.88. The molecule has 5 heteroatoms. The molecule has 1 aliphatic rings. The summed E-state index contributed by atoms with van der Waals surface area (Å²) in [5, 5.41) is 2.85. The number of carbonyl (C=O) groups excluding carboxylic acids is 2. The molecule has 5 nitrogen and oxygen atoms in total. The van der Waals surface area contributed by atoms with Crippen molar-refractivity contribution in [2.45, 2.75) is 32.3 Å². The van der Waals surface area contributed by atoms with Crippen molar-refractivity contribution in [2.75, 3.05) is 11.9 Å². The fraction of sp³-hybridized carbons (Fsp3) is 0.286. The number of aryl methyl sites for hydroxylation is 1. The Morgan fingerprint density at radius 2 is 1.96 bits per heavy atom. The summed E-state index contributed by atoms with van der Waals surface area (Å²) in [5.41, 5.74) is 4.14. The molecule has 0 spiro atoms. The van der Waals surface area contributed by atoms with Crippen LogP contribution in [0.4, 0.5) is 11.4 Å². The molecule has 2 aromatic carbocycles. The monoisotopic (exact) mass is 348 g/mol. The molecule has 0 saturated heterocycles. The zero-order valence-corrected chi connectivity index (χ0v) is 14.6. The van der Waals surface area contributed by atoms with Crippen molar-refractivity contribution in [2.24, 2.45) is 0 Å². The van der Waals surface area contributed by atoms with E-state index < -0.39 is 0 Å². The van der Waals surface area contributed by atoms with Gasteiger partial charge in [-0.15, -0.1) is 0 Å². The number of ketones is 1. The first-order valence-electron chi connectivity index (χ1n) is 8.57. The maximum absolute atomic E-state index is 12.5. The summed E-state index contributed by atoms with van der Waals surface area (Å²) in [6.07, 6.45) is 2.51. The number of hydrogen-bond acceptors (Lipinski definition) is 3. The van der Waals surface area contributed by atoms with E-state index in [1.54, 1.807) is 24.3 Å². The molecular weight excluding hydrogens is 328 g/mol. The summed E-state index contributed by atoms with van der Waals surface area (Å²) in [6.45, 7) is 8.64. The van der Waals surface area contributed by atoms with Gasteiger partial charge in [0.25, 0.3) is 5.91 Å². The normalized spacial score (nSPS) is 15.6. The Kier molecular flexibility index (Phi) is 5.45. The fourth-order valence-corrected chi connectivity index (χ4v) is 3.06. The van der Waals surface area contributed by atoms with Crippen molar-refractivity contribution in [3.8, 4) is 0 Å². The number of fused-ring (bicyclic) bond motifs is 1. The van der Waals surface area contributed by atoms with Crippen LogP contribution in [0.5, 0.6) is 0 Å². The van der Waals surface area contributed by atoms with Gasteiger partial charge in [-0.25, -0.2) is 4.85 Å². The van der Waals surface area contributed by atoms with Crippen molar-refractivity contribution in [1.82, 2.24) is 0 Å². The molecule has 0 bridgehead atoms. The summed E-state index contributed by atoms with van der Waals surface area (Å²) < 4.78 is 5.63. The van der Waals surface area contributed by atoms with Crippen LogP contribution in [-0.4, -0.2) is 24.4 Å². The number of nitrogens with one attached hydrogen (secondary N) is 1. The zero-order valence-electron chi connectivity index (χ0n) is 14.6. The maximum atomic E-state index is 12.5. The molecule has 1 unspecified atom stereocenters. The number of rotatable bonds is 5. The largest absolute Gasteiger partial charge is 0.370 e.